The number of carbonyl (C=O) groups excluding carboxylic acids is 1. The summed E-state index contributed by atoms with van der Waals surface area (Å²) in [6.45, 7) is 3.42. The number of fused-ring (bicyclic) bond motifs is 1. The molecule has 1 aliphatic rings. The van der Waals surface area contributed by atoms with Crippen LogP contribution in [0.1, 0.15) is 16.2 Å². The summed E-state index contributed by atoms with van der Waals surface area (Å²) in [5.74, 6) is 1.70. The van der Waals surface area contributed by atoms with Crippen molar-refractivity contribution in [3.63, 3.8) is 0 Å². The molecular formula is C18H20N6OS. The van der Waals surface area contributed by atoms with Crippen LogP contribution in [0.5, 0.6) is 0 Å². The monoisotopic (exact) mass is 368 g/mol. The Balaban J connectivity index is 1.44. The number of aryl methyl sites for hydroxylation is 1. The highest BCUT2D eigenvalue weighted by Crippen LogP contribution is 2.23. The van der Waals surface area contributed by atoms with E-state index in [-0.39, 0.29) is 11.9 Å². The maximum atomic E-state index is 12.7. The van der Waals surface area contributed by atoms with Gasteiger partial charge in [-0.05, 0) is 43.5 Å². The number of hydrogen-bond acceptors (Lipinski definition) is 6. The van der Waals surface area contributed by atoms with E-state index in [1.165, 1.54) is 0 Å². The van der Waals surface area contributed by atoms with Crippen LogP contribution < -0.4 is 4.90 Å². The van der Waals surface area contributed by atoms with E-state index in [0.29, 0.717) is 0 Å². The van der Waals surface area contributed by atoms with Gasteiger partial charge < -0.3 is 9.80 Å². The van der Waals surface area contributed by atoms with E-state index in [0.717, 1.165) is 40.8 Å². The first-order chi connectivity index (χ1) is 12.6. The summed E-state index contributed by atoms with van der Waals surface area (Å²) in [7, 11) is 1.87. The Morgan fingerprint density at radius 3 is 2.81 bits per heavy atom. The molecule has 0 unspecified atom stereocenters. The lowest BCUT2D eigenvalue weighted by Crippen LogP contribution is -2.60. The van der Waals surface area contributed by atoms with E-state index in [9.17, 15) is 4.79 Å². The van der Waals surface area contributed by atoms with Crippen molar-refractivity contribution in [2.75, 3.05) is 31.3 Å². The van der Waals surface area contributed by atoms with E-state index >= 15 is 0 Å². The van der Waals surface area contributed by atoms with E-state index in [2.05, 4.69) is 20.2 Å². The van der Waals surface area contributed by atoms with E-state index in [1.807, 2.05) is 61.5 Å². The molecule has 3 aromatic rings. The van der Waals surface area contributed by atoms with Crippen LogP contribution in [0.4, 0.5) is 5.82 Å². The third kappa shape index (κ3) is 2.90. The molecular weight excluding hydrogens is 348 g/mol. The second-order valence-corrected chi connectivity index (χ2v) is 7.30. The topological polar surface area (TPSA) is 66.6 Å². The normalized spacial score (nSPS) is 14.5. The highest BCUT2D eigenvalue weighted by Gasteiger charge is 2.33. The van der Waals surface area contributed by atoms with Gasteiger partial charge in [-0.15, -0.1) is 27.1 Å². The third-order valence-corrected chi connectivity index (χ3v) is 5.50. The number of thioether (sulfide) groups is 1. The molecule has 7 nitrogen and oxygen atoms in total. The smallest absolute Gasteiger partial charge is 0.254 e. The minimum Gasteiger partial charge on any atom is -0.351 e. The van der Waals surface area contributed by atoms with E-state index in [4.69, 9.17) is 0 Å². The van der Waals surface area contributed by atoms with Crippen molar-refractivity contribution in [3.8, 4) is 0 Å². The molecule has 0 atom stereocenters. The van der Waals surface area contributed by atoms with Crippen molar-refractivity contribution >= 4 is 29.1 Å². The zero-order valence-corrected chi connectivity index (χ0v) is 15.8. The number of nitrogens with zero attached hydrogens (tertiary/aromatic N) is 6. The first kappa shape index (κ1) is 16.8. The van der Waals surface area contributed by atoms with E-state index in [1.54, 1.807) is 16.3 Å². The number of likely N-dealkylation sites (N-methyl/N-ethyl adjacent to an activating group) is 1. The minimum absolute atomic E-state index is 0.0589. The molecule has 2 aromatic heterocycles. The Morgan fingerprint density at radius 2 is 2.04 bits per heavy atom. The maximum absolute atomic E-state index is 12.7. The first-order valence-corrected chi connectivity index (χ1v) is 9.64. The van der Waals surface area contributed by atoms with Gasteiger partial charge >= 0.3 is 0 Å². The zero-order chi connectivity index (χ0) is 18.3. The van der Waals surface area contributed by atoms with Crippen molar-refractivity contribution in [1.29, 1.82) is 0 Å². The largest absolute Gasteiger partial charge is 0.351 e. The number of anilines is 1. The Labute approximate surface area is 156 Å². The molecule has 0 N–H and O–H groups in total. The lowest BCUT2D eigenvalue weighted by Gasteiger charge is -2.44. The minimum atomic E-state index is 0.0589. The summed E-state index contributed by atoms with van der Waals surface area (Å²) in [5, 5.41) is 12.7. The molecule has 0 radical (unpaired) electrons. The molecule has 1 amide bonds. The van der Waals surface area contributed by atoms with Crippen LogP contribution in [0.25, 0.3) is 5.65 Å². The van der Waals surface area contributed by atoms with Gasteiger partial charge in [-0.1, -0.05) is 6.07 Å². The third-order valence-electron chi connectivity index (χ3n) is 4.78. The molecule has 1 aliphatic heterocycles. The van der Waals surface area contributed by atoms with Gasteiger partial charge in [-0.3, -0.25) is 4.79 Å². The molecule has 0 bridgehead atoms. The van der Waals surface area contributed by atoms with Crippen LogP contribution >= 0.6 is 11.8 Å². The van der Waals surface area contributed by atoms with Crippen molar-refractivity contribution in [1.82, 2.24) is 24.7 Å². The number of aromatic nitrogens is 4. The average molecular weight is 368 g/mol. The van der Waals surface area contributed by atoms with Crippen LogP contribution in [0.3, 0.4) is 0 Å². The van der Waals surface area contributed by atoms with Crippen LogP contribution in [0.15, 0.2) is 41.3 Å². The Morgan fingerprint density at radius 1 is 1.23 bits per heavy atom. The van der Waals surface area contributed by atoms with Gasteiger partial charge in [0.25, 0.3) is 5.91 Å². The SMILES string of the molecule is CSc1cccc(C(=O)N(C)C2CN(c3ccc4nnc(C)n4n3)C2)c1. The van der Waals surface area contributed by atoms with Crippen molar-refractivity contribution < 1.29 is 4.79 Å². The van der Waals surface area contributed by atoms with Crippen LogP contribution in [0, 0.1) is 6.92 Å². The lowest BCUT2D eigenvalue weighted by atomic mass is 10.1. The fraction of sp³-hybridized carbons (Fsp3) is 0.333. The summed E-state index contributed by atoms with van der Waals surface area (Å²) < 4.78 is 1.74. The van der Waals surface area contributed by atoms with Gasteiger partial charge in [0.2, 0.25) is 0 Å². The van der Waals surface area contributed by atoms with Gasteiger partial charge in [-0.2, -0.15) is 4.52 Å². The molecule has 0 spiro atoms. The standard InChI is InChI=1S/C18H20N6OS/c1-12-19-20-16-7-8-17(21-24(12)16)23-10-14(11-23)22(2)18(25)13-5-4-6-15(9-13)26-3/h4-9,14H,10-11H2,1-3H3. The van der Waals surface area contributed by atoms with Crippen LogP contribution in [-0.4, -0.2) is 63.1 Å². The molecule has 0 aliphatic carbocycles. The van der Waals surface area contributed by atoms with E-state index < -0.39 is 0 Å². The van der Waals surface area contributed by atoms with Crippen LogP contribution in [-0.2, 0) is 0 Å². The second-order valence-electron chi connectivity index (χ2n) is 6.42. The summed E-state index contributed by atoms with van der Waals surface area (Å²) in [5.41, 5.74) is 1.47. The van der Waals surface area contributed by atoms with Crippen molar-refractivity contribution in [2.45, 2.75) is 17.9 Å². The predicted octanol–water partition coefficient (Wildman–Crippen LogP) is 2.12. The molecule has 134 valence electrons. The number of rotatable bonds is 4. The van der Waals surface area contributed by atoms with Gasteiger partial charge in [-0.25, -0.2) is 0 Å². The summed E-state index contributed by atoms with van der Waals surface area (Å²) in [6.07, 6.45) is 2.01. The molecule has 1 aromatic carbocycles. The van der Waals surface area contributed by atoms with Crippen molar-refractivity contribution in [3.05, 3.63) is 47.8 Å². The number of hydrogen-bond donors (Lipinski definition) is 0. The Bertz CT molecular complexity index is 965. The first-order valence-electron chi connectivity index (χ1n) is 8.42. The number of benzene rings is 1. The van der Waals surface area contributed by atoms with Gasteiger partial charge in [0.05, 0.1) is 6.04 Å². The Kier molecular flexibility index (Phi) is 4.28. The summed E-state index contributed by atoms with van der Waals surface area (Å²) in [6, 6.07) is 11.8. The molecule has 26 heavy (non-hydrogen) atoms. The summed E-state index contributed by atoms with van der Waals surface area (Å²) >= 11 is 1.64. The predicted molar refractivity (Wildman–Crippen MR) is 102 cm³/mol. The quantitative estimate of drug-likeness (QED) is 0.657. The van der Waals surface area contributed by atoms with Gasteiger partial charge in [0.1, 0.15) is 5.82 Å². The maximum Gasteiger partial charge on any atom is 0.254 e. The molecule has 4 rings (SSSR count). The molecule has 1 fully saturated rings. The highest BCUT2D eigenvalue weighted by molar-refractivity contribution is 7.98. The summed E-state index contributed by atoms with van der Waals surface area (Å²) in [4.78, 5) is 17.8. The van der Waals surface area contributed by atoms with Gasteiger partial charge in [0, 0.05) is 30.6 Å². The number of amides is 1. The fourth-order valence-electron chi connectivity index (χ4n) is 3.07. The second kappa shape index (κ2) is 6.60. The number of carbonyl (C=O) groups is 1. The molecule has 3 heterocycles. The van der Waals surface area contributed by atoms with Crippen molar-refractivity contribution in [2.24, 2.45) is 0 Å². The van der Waals surface area contributed by atoms with Gasteiger partial charge in [0.15, 0.2) is 11.5 Å². The lowest BCUT2D eigenvalue weighted by molar-refractivity contribution is 0.0704. The molecule has 8 heteroatoms. The average Bonchev–Trinajstić information content (AvgIpc) is 3.00. The van der Waals surface area contributed by atoms with Crippen LogP contribution in [0.2, 0.25) is 0 Å². The fourth-order valence-corrected chi connectivity index (χ4v) is 3.53. The zero-order valence-electron chi connectivity index (χ0n) is 15.0. The molecule has 0 saturated carbocycles. The Hall–Kier alpha value is -2.61. The molecule has 1 saturated heterocycles. The highest BCUT2D eigenvalue weighted by atomic mass is 32.2.